The Balaban J connectivity index is 4.37. The standard InChI is InChI=1S/C62H96O6/c1-4-7-10-13-16-19-21-23-24-25-26-27-28-29-30-31-32-33-34-35-36-37-38-40-41-43-46-49-52-55-61(64)67-58-59(57-66-60(63)54-51-48-45-18-15-12-9-6-3)68-62(65)56-53-50-47-44-42-39-22-20-17-14-11-8-5-2/h7-8,10-11,16-17,19-20,23-24,26-27,29-30,32-33,35-36,38-40,42-43,46,59H,4-6,9,12-15,18,21-22,25,28,31,34,37,41,44-45,47-58H2,1-3H3/b10-7-,11-8-,19-16-,20-17-,24-23-,27-26-,30-29-,33-32-,36-35-,40-38-,42-39-,46-43-. The molecule has 6 nitrogen and oxygen atoms in total. The number of unbranched alkanes of at least 4 members (excludes halogenated alkanes) is 11. The minimum atomic E-state index is -0.819. The molecule has 68 heavy (non-hydrogen) atoms. The molecule has 0 rings (SSSR count). The highest BCUT2D eigenvalue weighted by Gasteiger charge is 2.19. The second-order valence-electron chi connectivity index (χ2n) is 17.0. The first-order valence-electron chi connectivity index (χ1n) is 26.8. The van der Waals surface area contributed by atoms with Gasteiger partial charge in [-0.2, -0.15) is 0 Å². The highest BCUT2D eigenvalue weighted by Crippen LogP contribution is 2.12. The molecule has 0 aromatic carbocycles. The van der Waals surface area contributed by atoms with Crippen molar-refractivity contribution in [2.45, 2.75) is 213 Å². The van der Waals surface area contributed by atoms with Crippen LogP contribution in [0.5, 0.6) is 0 Å². The molecule has 0 aliphatic carbocycles. The van der Waals surface area contributed by atoms with E-state index in [-0.39, 0.29) is 44.0 Å². The van der Waals surface area contributed by atoms with E-state index in [1.54, 1.807) is 0 Å². The third-order valence-electron chi connectivity index (χ3n) is 10.6. The molecule has 0 aromatic heterocycles. The van der Waals surface area contributed by atoms with E-state index in [0.29, 0.717) is 19.3 Å². The lowest BCUT2D eigenvalue weighted by Gasteiger charge is -2.18. The normalized spacial score (nSPS) is 13.3. The van der Waals surface area contributed by atoms with E-state index in [4.69, 9.17) is 14.2 Å². The van der Waals surface area contributed by atoms with E-state index in [1.807, 2.05) is 0 Å². The molecule has 0 fully saturated rings. The van der Waals surface area contributed by atoms with E-state index >= 15 is 0 Å². The van der Waals surface area contributed by atoms with Gasteiger partial charge in [0.05, 0.1) is 0 Å². The molecule has 0 N–H and O–H groups in total. The van der Waals surface area contributed by atoms with Crippen molar-refractivity contribution < 1.29 is 28.6 Å². The molecule has 0 amide bonds. The Labute approximate surface area is 417 Å². The number of rotatable bonds is 46. The van der Waals surface area contributed by atoms with Crippen LogP contribution in [0.4, 0.5) is 0 Å². The van der Waals surface area contributed by atoms with Gasteiger partial charge in [0.25, 0.3) is 0 Å². The zero-order valence-corrected chi connectivity index (χ0v) is 43.3. The van der Waals surface area contributed by atoms with Gasteiger partial charge in [0.2, 0.25) is 0 Å². The predicted molar refractivity (Wildman–Crippen MR) is 292 cm³/mol. The van der Waals surface area contributed by atoms with Gasteiger partial charge >= 0.3 is 17.9 Å². The molecule has 1 unspecified atom stereocenters. The lowest BCUT2D eigenvalue weighted by molar-refractivity contribution is -0.167. The maximum absolute atomic E-state index is 12.7. The van der Waals surface area contributed by atoms with Crippen LogP contribution in [0.1, 0.15) is 207 Å². The number of hydrogen-bond acceptors (Lipinski definition) is 6. The molecule has 380 valence electrons. The largest absolute Gasteiger partial charge is 0.462 e. The Kier molecular flexibility index (Phi) is 51.1. The van der Waals surface area contributed by atoms with Gasteiger partial charge in [-0.15, -0.1) is 0 Å². The number of hydrogen-bond donors (Lipinski definition) is 0. The molecule has 0 aliphatic heterocycles. The van der Waals surface area contributed by atoms with Crippen LogP contribution in [-0.2, 0) is 28.6 Å². The smallest absolute Gasteiger partial charge is 0.306 e. The first-order chi connectivity index (χ1) is 33.5. The fourth-order valence-corrected chi connectivity index (χ4v) is 6.63. The van der Waals surface area contributed by atoms with Crippen molar-refractivity contribution >= 4 is 17.9 Å². The fraction of sp³-hybridized carbons (Fsp3) is 0.565. The van der Waals surface area contributed by atoms with Gasteiger partial charge in [-0.3, -0.25) is 14.4 Å². The van der Waals surface area contributed by atoms with E-state index < -0.39 is 6.10 Å². The summed E-state index contributed by atoms with van der Waals surface area (Å²) in [6.45, 7) is 6.27. The second-order valence-corrected chi connectivity index (χ2v) is 17.0. The number of ether oxygens (including phenoxy) is 3. The van der Waals surface area contributed by atoms with Gasteiger partial charge in [-0.05, 0) is 116 Å². The summed E-state index contributed by atoms with van der Waals surface area (Å²) >= 11 is 0. The lowest BCUT2D eigenvalue weighted by atomic mass is 10.1. The molecule has 0 heterocycles. The van der Waals surface area contributed by atoms with Crippen molar-refractivity contribution in [1.29, 1.82) is 0 Å². The van der Waals surface area contributed by atoms with E-state index in [1.165, 1.54) is 32.1 Å². The Morgan fingerprint density at radius 2 is 0.588 bits per heavy atom. The van der Waals surface area contributed by atoms with Crippen molar-refractivity contribution in [2.24, 2.45) is 0 Å². The summed E-state index contributed by atoms with van der Waals surface area (Å²) in [5.74, 6) is -1.02. The maximum Gasteiger partial charge on any atom is 0.306 e. The average molecular weight is 937 g/mol. The van der Waals surface area contributed by atoms with Crippen LogP contribution in [0.15, 0.2) is 146 Å². The maximum atomic E-state index is 12.7. The highest BCUT2D eigenvalue weighted by molar-refractivity contribution is 5.71. The number of esters is 3. The van der Waals surface area contributed by atoms with Crippen LogP contribution in [0, 0.1) is 0 Å². The Morgan fingerprint density at radius 3 is 0.956 bits per heavy atom. The van der Waals surface area contributed by atoms with Gasteiger partial charge in [0.15, 0.2) is 6.10 Å². The van der Waals surface area contributed by atoms with Crippen LogP contribution in [-0.4, -0.2) is 37.2 Å². The van der Waals surface area contributed by atoms with Crippen molar-refractivity contribution in [3.05, 3.63) is 146 Å². The second kappa shape index (κ2) is 54.9. The third-order valence-corrected chi connectivity index (χ3v) is 10.6. The molecule has 0 aromatic rings. The van der Waals surface area contributed by atoms with Crippen molar-refractivity contribution in [3.63, 3.8) is 0 Å². The van der Waals surface area contributed by atoms with Crippen molar-refractivity contribution in [3.8, 4) is 0 Å². The lowest BCUT2D eigenvalue weighted by Crippen LogP contribution is -2.30. The number of carbonyl (C=O) groups excluding carboxylic acids is 3. The van der Waals surface area contributed by atoms with Crippen LogP contribution in [0.2, 0.25) is 0 Å². The topological polar surface area (TPSA) is 78.9 Å². The number of carbonyl (C=O) groups is 3. The van der Waals surface area contributed by atoms with E-state index in [9.17, 15) is 14.4 Å². The van der Waals surface area contributed by atoms with Gasteiger partial charge in [0, 0.05) is 19.3 Å². The van der Waals surface area contributed by atoms with Crippen molar-refractivity contribution in [2.75, 3.05) is 13.2 Å². The summed E-state index contributed by atoms with van der Waals surface area (Å²) in [6, 6.07) is 0. The highest BCUT2D eigenvalue weighted by atomic mass is 16.6. The van der Waals surface area contributed by atoms with E-state index in [0.717, 1.165) is 122 Å². The Hall–Kier alpha value is -4.71. The Bertz CT molecular complexity index is 1540. The summed E-state index contributed by atoms with van der Waals surface area (Å²) in [5.41, 5.74) is 0. The molecule has 0 radical (unpaired) electrons. The minimum Gasteiger partial charge on any atom is -0.462 e. The minimum absolute atomic E-state index is 0.113. The summed E-state index contributed by atoms with van der Waals surface area (Å²) in [6.07, 6.45) is 78.6. The molecular formula is C62H96O6. The summed E-state index contributed by atoms with van der Waals surface area (Å²) in [7, 11) is 0. The summed E-state index contributed by atoms with van der Waals surface area (Å²) in [5, 5.41) is 0. The van der Waals surface area contributed by atoms with Crippen LogP contribution >= 0.6 is 0 Å². The molecule has 0 bridgehead atoms. The first kappa shape index (κ1) is 63.3. The molecule has 0 spiro atoms. The molecular weight excluding hydrogens is 841 g/mol. The zero-order chi connectivity index (χ0) is 49.3. The van der Waals surface area contributed by atoms with Crippen molar-refractivity contribution in [1.82, 2.24) is 0 Å². The quantitative estimate of drug-likeness (QED) is 0.0262. The van der Waals surface area contributed by atoms with Crippen LogP contribution in [0.25, 0.3) is 0 Å². The van der Waals surface area contributed by atoms with Gasteiger partial charge in [-0.25, -0.2) is 0 Å². The molecule has 0 aliphatic rings. The SMILES string of the molecule is CC/C=C\C/C=C\C/C=C\C/C=C\C/C=C\C/C=C\C/C=C\C/C=C\C/C=C\CCCC(=O)OCC(COC(=O)CCCCCCCCCC)OC(=O)CCCCC/C=C\C/C=C\C/C=C\CC. The molecule has 6 heteroatoms. The predicted octanol–water partition coefficient (Wildman–Crippen LogP) is 18.0. The van der Waals surface area contributed by atoms with Crippen LogP contribution in [0.3, 0.4) is 0 Å². The molecule has 1 atom stereocenters. The first-order valence-corrected chi connectivity index (χ1v) is 26.8. The molecule has 0 saturated carbocycles. The van der Waals surface area contributed by atoms with E-state index in [2.05, 4.69) is 167 Å². The van der Waals surface area contributed by atoms with Gasteiger partial charge in [0.1, 0.15) is 13.2 Å². The third kappa shape index (κ3) is 52.3. The zero-order valence-electron chi connectivity index (χ0n) is 43.3. The molecule has 0 saturated heterocycles. The average Bonchev–Trinajstić information content (AvgIpc) is 3.34. The van der Waals surface area contributed by atoms with Gasteiger partial charge in [-0.1, -0.05) is 218 Å². The van der Waals surface area contributed by atoms with Crippen LogP contribution < -0.4 is 0 Å². The number of allylic oxidation sites excluding steroid dienone is 24. The Morgan fingerprint density at radius 1 is 0.309 bits per heavy atom. The monoisotopic (exact) mass is 937 g/mol. The fourth-order valence-electron chi connectivity index (χ4n) is 6.63. The van der Waals surface area contributed by atoms with Gasteiger partial charge < -0.3 is 14.2 Å². The summed E-state index contributed by atoms with van der Waals surface area (Å²) < 4.78 is 16.7. The summed E-state index contributed by atoms with van der Waals surface area (Å²) in [4.78, 5) is 37.8.